The van der Waals surface area contributed by atoms with Gasteiger partial charge in [-0.15, -0.1) is 4.72 Å². The van der Waals surface area contributed by atoms with Gasteiger partial charge in [-0.25, -0.2) is 9.37 Å². The van der Waals surface area contributed by atoms with Gasteiger partial charge in [-0.3, -0.25) is 4.79 Å². The van der Waals surface area contributed by atoms with Gasteiger partial charge in [0, 0.05) is 11.4 Å². The predicted molar refractivity (Wildman–Crippen MR) is 115 cm³/mol. The van der Waals surface area contributed by atoms with E-state index in [1.807, 2.05) is 27.7 Å². The van der Waals surface area contributed by atoms with Crippen LogP contribution in [0, 0.1) is 19.7 Å². The van der Waals surface area contributed by atoms with Crippen molar-refractivity contribution in [3.63, 3.8) is 0 Å². The van der Waals surface area contributed by atoms with Gasteiger partial charge < -0.3 is 9.29 Å². The van der Waals surface area contributed by atoms with E-state index in [0.717, 1.165) is 5.56 Å². The maximum atomic E-state index is 14.2. The molecule has 2 rings (SSSR count). The number of aromatic nitrogens is 1. The SMILES string of the molecule is COC(=O)C[C@H](N[S+]([O-])C(C)(C)C)c1cc(-c2c(C)ccc(F)c2C)cc(Cl)n1. The van der Waals surface area contributed by atoms with Crippen molar-refractivity contribution in [1.82, 2.24) is 9.71 Å². The van der Waals surface area contributed by atoms with Crippen LogP contribution in [0.4, 0.5) is 4.39 Å². The Labute approximate surface area is 179 Å². The van der Waals surface area contributed by atoms with E-state index < -0.39 is 28.1 Å². The molecular formula is C21H26ClFN2O3S. The first-order valence-corrected chi connectivity index (χ1v) is 10.6. The highest BCUT2D eigenvalue weighted by molar-refractivity contribution is 7.90. The quantitative estimate of drug-likeness (QED) is 0.396. The third-order valence-corrected chi connectivity index (χ3v) is 6.28. The number of benzene rings is 1. The lowest BCUT2D eigenvalue weighted by molar-refractivity contribution is -0.141. The van der Waals surface area contributed by atoms with Gasteiger partial charge in [0.1, 0.15) is 21.8 Å². The first-order chi connectivity index (χ1) is 13.4. The van der Waals surface area contributed by atoms with E-state index in [-0.39, 0.29) is 17.4 Å². The summed E-state index contributed by atoms with van der Waals surface area (Å²) in [6, 6.07) is 5.82. The standard InChI is InChI=1S/C21H26ClFN2O3S/c1-12-7-8-15(23)13(2)20(12)14-9-16(24-18(22)10-14)17(11-19(26)28-6)25-29(27)21(3,4)5/h7-10,17,25H,11H2,1-6H3/t17-,29?/m0/s1. The monoisotopic (exact) mass is 440 g/mol. The number of carbonyl (C=O) groups excluding carboxylic acids is 1. The number of halogens is 2. The van der Waals surface area contributed by atoms with Crippen molar-refractivity contribution >= 4 is 28.9 Å². The molecule has 0 fully saturated rings. The highest BCUT2D eigenvalue weighted by Crippen LogP contribution is 2.33. The van der Waals surface area contributed by atoms with Crippen LogP contribution >= 0.6 is 11.6 Å². The molecule has 29 heavy (non-hydrogen) atoms. The molecule has 1 heterocycles. The van der Waals surface area contributed by atoms with Gasteiger partial charge in [0.15, 0.2) is 0 Å². The third kappa shape index (κ3) is 5.92. The lowest BCUT2D eigenvalue weighted by Gasteiger charge is -2.27. The fourth-order valence-electron chi connectivity index (χ4n) is 2.87. The van der Waals surface area contributed by atoms with E-state index >= 15 is 0 Å². The van der Waals surface area contributed by atoms with Crippen molar-refractivity contribution < 1.29 is 18.5 Å². The Morgan fingerprint density at radius 3 is 2.59 bits per heavy atom. The topological polar surface area (TPSA) is 74.3 Å². The number of aryl methyl sites for hydroxylation is 1. The molecule has 0 aliphatic rings. The molecule has 1 unspecified atom stereocenters. The number of ether oxygens (including phenoxy) is 1. The molecule has 0 amide bonds. The summed E-state index contributed by atoms with van der Waals surface area (Å²) in [6.45, 7) is 9.05. The molecule has 0 radical (unpaired) electrons. The van der Waals surface area contributed by atoms with Crippen LogP contribution in [0.2, 0.25) is 5.15 Å². The first kappa shape index (κ1) is 23.6. The highest BCUT2D eigenvalue weighted by Gasteiger charge is 2.32. The van der Waals surface area contributed by atoms with Crippen molar-refractivity contribution in [3.05, 3.63) is 52.1 Å². The van der Waals surface area contributed by atoms with Crippen LogP contribution in [0.15, 0.2) is 24.3 Å². The molecule has 2 atom stereocenters. The van der Waals surface area contributed by atoms with E-state index in [1.54, 1.807) is 25.1 Å². The second-order valence-electron chi connectivity index (χ2n) is 7.80. The van der Waals surface area contributed by atoms with Crippen molar-refractivity contribution in [1.29, 1.82) is 0 Å². The first-order valence-electron chi connectivity index (χ1n) is 9.12. The molecule has 2 aromatic rings. The zero-order valence-corrected chi connectivity index (χ0v) is 19.0. The number of hydrogen-bond acceptors (Lipinski definition) is 5. The zero-order valence-electron chi connectivity index (χ0n) is 17.4. The number of pyridine rings is 1. The van der Waals surface area contributed by atoms with Gasteiger partial charge in [-0.1, -0.05) is 17.7 Å². The predicted octanol–water partition coefficient (Wildman–Crippen LogP) is 4.81. The summed E-state index contributed by atoms with van der Waals surface area (Å²) in [7, 11) is 1.29. The minimum Gasteiger partial charge on any atom is -0.598 e. The van der Waals surface area contributed by atoms with Crippen molar-refractivity contribution in [2.75, 3.05) is 7.11 Å². The number of esters is 1. The van der Waals surface area contributed by atoms with E-state index in [2.05, 4.69) is 9.71 Å². The molecule has 0 spiro atoms. The Morgan fingerprint density at radius 1 is 1.34 bits per heavy atom. The van der Waals surface area contributed by atoms with Crippen molar-refractivity contribution in [3.8, 4) is 11.1 Å². The Kier molecular flexibility index (Phi) is 7.67. The van der Waals surface area contributed by atoms with Crippen molar-refractivity contribution in [2.45, 2.75) is 51.8 Å². The molecular weight excluding hydrogens is 415 g/mol. The molecule has 0 aliphatic carbocycles. The van der Waals surface area contributed by atoms with Crippen LogP contribution in [0.3, 0.4) is 0 Å². The average Bonchev–Trinajstić information content (AvgIpc) is 2.63. The fourth-order valence-corrected chi connectivity index (χ4v) is 3.90. The van der Waals surface area contributed by atoms with Crippen molar-refractivity contribution in [2.24, 2.45) is 0 Å². The summed E-state index contributed by atoms with van der Waals surface area (Å²) in [6.07, 6.45) is -0.0772. The van der Waals surface area contributed by atoms with Crippen LogP contribution in [0.25, 0.3) is 11.1 Å². The number of nitrogens with one attached hydrogen (secondary N) is 1. The zero-order chi connectivity index (χ0) is 21.9. The number of carbonyl (C=O) groups is 1. The van der Waals surface area contributed by atoms with Gasteiger partial charge >= 0.3 is 5.97 Å². The summed E-state index contributed by atoms with van der Waals surface area (Å²) < 4.78 is 34.0. The molecule has 1 N–H and O–H groups in total. The molecule has 0 saturated heterocycles. The summed E-state index contributed by atoms with van der Waals surface area (Å²) in [5, 5.41) is 0.193. The number of nitrogens with zero attached hydrogens (tertiary/aromatic N) is 1. The Balaban J connectivity index is 2.55. The van der Waals surface area contributed by atoms with Crippen LogP contribution in [-0.2, 0) is 20.9 Å². The summed E-state index contributed by atoms with van der Waals surface area (Å²) >= 11 is 4.80. The van der Waals surface area contributed by atoms with Gasteiger partial charge in [-0.05, 0) is 75.1 Å². The Bertz CT molecular complexity index is 902. The molecule has 0 aliphatic heterocycles. The molecule has 5 nitrogen and oxygen atoms in total. The molecule has 8 heteroatoms. The van der Waals surface area contributed by atoms with Gasteiger partial charge in [0.2, 0.25) is 0 Å². The molecule has 1 aromatic carbocycles. The van der Waals surface area contributed by atoms with E-state index in [1.165, 1.54) is 13.2 Å². The second kappa shape index (κ2) is 9.43. The fraction of sp³-hybridized carbons (Fsp3) is 0.429. The van der Waals surface area contributed by atoms with Crippen LogP contribution in [0.1, 0.15) is 50.1 Å². The second-order valence-corrected chi connectivity index (χ2v) is 10.2. The van der Waals surface area contributed by atoms with E-state index in [9.17, 15) is 13.7 Å². The maximum absolute atomic E-state index is 14.2. The molecule has 1 aromatic heterocycles. The van der Waals surface area contributed by atoms with E-state index in [0.29, 0.717) is 22.4 Å². The Morgan fingerprint density at radius 2 is 2.00 bits per heavy atom. The lowest BCUT2D eigenvalue weighted by atomic mass is 9.94. The largest absolute Gasteiger partial charge is 0.598 e. The lowest BCUT2D eigenvalue weighted by Crippen LogP contribution is -2.42. The number of hydrogen-bond donors (Lipinski definition) is 1. The summed E-state index contributed by atoms with van der Waals surface area (Å²) in [5.74, 6) is -0.798. The minimum atomic E-state index is -1.46. The van der Waals surface area contributed by atoms with Crippen LogP contribution < -0.4 is 4.72 Å². The van der Waals surface area contributed by atoms with Gasteiger partial charge in [0.05, 0.1) is 19.2 Å². The normalized spacial score (nSPS) is 13.8. The van der Waals surface area contributed by atoms with Crippen LogP contribution in [-0.4, -0.2) is 27.4 Å². The summed E-state index contributed by atoms with van der Waals surface area (Å²) in [5.41, 5.74) is 3.19. The maximum Gasteiger partial charge on any atom is 0.307 e. The molecule has 0 saturated carbocycles. The number of methoxy groups -OCH3 is 1. The van der Waals surface area contributed by atoms with Crippen LogP contribution in [0.5, 0.6) is 0 Å². The highest BCUT2D eigenvalue weighted by atomic mass is 35.5. The molecule has 0 bridgehead atoms. The minimum absolute atomic E-state index is 0.0772. The number of rotatable bonds is 6. The van der Waals surface area contributed by atoms with Gasteiger partial charge in [0.25, 0.3) is 0 Å². The average molecular weight is 441 g/mol. The summed E-state index contributed by atoms with van der Waals surface area (Å²) in [4.78, 5) is 16.3. The molecule has 158 valence electrons. The Hall–Kier alpha value is -1.67. The van der Waals surface area contributed by atoms with Gasteiger partial charge in [-0.2, -0.15) is 0 Å². The van der Waals surface area contributed by atoms with E-state index in [4.69, 9.17) is 16.3 Å². The smallest absolute Gasteiger partial charge is 0.307 e. The third-order valence-electron chi connectivity index (χ3n) is 4.47.